The first-order chi connectivity index (χ1) is 13.2. The molecule has 6 nitrogen and oxygen atoms in total. The molecule has 3 aromatic rings. The van der Waals surface area contributed by atoms with Crippen LogP contribution in [-0.2, 0) is 4.79 Å². The van der Waals surface area contributed by atoms with Gasteiger partial charge in [-0.05, 0) is 38.1 Å². The minimum absolute atomic E-state index is 0.0717. The summed E-state index contributed by atoms with van der Waals surface area (Å²) in [7, 11) is 0. The van der Waals surface area contributed by atoms with Gasteiger partial charge >= 0.3 is 0 Å². The van der Waals surface area contributed by atoms with Gasteiger partial charge in [-0.1, -0.05) is 53.4 Å². The van der Waals surface area contributed by atoms with Crippen LogP contribution in [0.4, 0.5) is 16.5 Å². The second kappa shape index (κ2) is 9.38. The third-order valence-corrected chi connectivity index (χ3v) is 5.55. The molecular formula is C19H20N4O2S2. The Balaban J connectivity index is 1.60. The maximum Gasteiger partial charge on any atom is 0.237 e. The van der Waals surface area contributed by atoms with Crippen LogP contribution in [0, 0.1) is 0 Å². The van der Waals surface area contributed by atoms with Crippen molar-refractivity contribution in [3.63, 3.8) is 0 Å². The van der Waals surface area contributed by atoms with Crippen LogP contribution in [0.15, 0.2) is 58.9 Å². The fourth-order valence-corrected chi connectivity index (χ4v) is 4.15. The van der Waals surface area contributed by atoms with E-state index >= 15 is 0 Å². The number of hydrogen-bond acceptors (Lipinski definition) is 7. The number of hydrogen-bond donors (Lipinski definition) is 2. The van der Waals surface area contributed by atoms with Gasteiger partial charge in [0.15, 0.2) is 4.34 Å². The SMILES string of the molecule is CCOc1ccccc1Nc1nnc(SC(C)C(=O)Nc2ccccc2)s1. The Hall–Kier alpha value is -2.58. The van der Waals surface area contributed by atoms with Crippen LogP contribution in [0.5, 0.6) is 5.75 Å². The van der Waals surface area contributed by atoms with E-state index in [9.17, 15) is 4.79 Å². The fraction of sp³-hybridized carbons (Fsp3) is 0.211. The topological polar surface area (TPSA) is 76.1 Å². The quantitative estimate of drug-likeness (QED) is 0.529. The molecule has 1 aromatic heterocycles. The number of thioether (sulfide) groups is 1. The predicted octanol–water partition coefficient (Wildman–Crippen LogP) is 4.80. The third kappa shape index (κ3) is 5.45. The van der Waals surface area contributed by atoms with Crippen LogP contribution in [0.2, 0.25) is 0 Å². The van der Waals surface area contributed by atoms with Gasteiger partial charge in [-0.2, -0.15) is 0 Å². The van der Waals surface area contributed by atoms with Crippen LogP contribution in [0.3, 0.4) is 0 Å². The molecule has 27 heavy (non-hydrogen) atoms. The highest BCUT2D eigenvalue weighted by Gasteiger charge is 2.17. The number of benzene rings is 2. The number of amides is 1. The molecule has 3 rings (SSSR count). The van der Waals surface area contributed by atoms with E-state index in [-0.39, 0.29) is 11.2 Å². The highest BCUT2D eigenvalue weighted by molar-refractivity contribution is 8.02. The average molecular weight is 401 g/mol. The fourth-order valence-electron chi connectivity index (χ4n) is 2.24. The molecule has 0 fully saturated rings. The zero-order valence-corrected chi connectivity index (χ0v) is 16.6. The Morgan fingerprint density at radius 3 is 2.67 bits per heavy atom. The standard InChI is InChI=1S/C19H20N4O2S2/c1-3-25-16-12-8-7-11-15(16)21-18-22-23-19(27-18)26-13(2)17(24)20-14-9-5-4-6-10-14/h4-13H,3H2,1-2H3,(H,20,24)(H,21,22). The zero-order chi connectivity index (χ0) is 19.1. The van der Waals surface area contributed by atoms with Crippen molar-refractivity contribution >= 4 is 45.5 Å². The number of nitrogens with one attached hydrogen (secondary N) is 2. The lowest BCUT2D eigenvalue weighted by atomic mass is 10.3. The molecule has 0 aliphatic rings. The first kappa shape index (κ1) is 19.2. The van der Waals surface area contributed by atoms with Gasteiger partial charge in [0.2, 0.25) is 11.0 Å². The van der Waals surface area contributed by atoms with Crippen molar-refractivity contribution < 1.29 is 9.53 Å². The number of nitrogens with zero attached hydrogens (tertiary/aromatic N) is 2. The molecule has 0 aliphatic heterocycles. The van der Waals surface area contributed by atoms with E-state index in [0.717, 1.165) is 21.5 Å². The molecule has 0 radical (unpaired) electrons. The van der Waals surface area contributed by atoms with Crippen molar-refractivity contribution in [2.45, 2.75) is 23.4 Å². The molecule has 1 atom stereocenters. The summed E-state index contributed by atoms with van der Waals surface area (Å²) in [5, 5.41) is 14.8. The number of carbonyl (C=O) groups excluding carboxylic acids is 1. The number of anilines is 3. The summed E-state index contributed by atoms with van der Waals surface area (Å²) in [6, 6.07) is 17.1. The summed E-state index contributed by atoms with van der Waals surface area (Å²) in [6.07, 6.45) is 0. The van der Waals surface area contributed by atoms with Crippen molar-refractivity contribution in [3.8, 4) is 5.75 Å². The molecule has 1 heterocycles. The van der Waals surface area contributed by atoms with Crippen LogP contribution in [0.1, 0.15) is 13.8 Å². The lowest BCUT2D eigenvalue weighted by Gasteiger charge is -2.10. The first-order valence-corrected chi connectivity index (χ1v) is 10.2. The monoisotopic (exact) mass is 400 g/mol. The van der Waals surface area contributed by atoms with Gasteiger partial charge in [0.05, 0.1) is 17.5 Å². The summed E-state index contributed by atoms with van der Waals surface area (Å²) < 4.78 is 6.33. The van der Waals surface area contributed by atoms with Gasteiger partial charge in [-0.3, -0.25) is 4.79 Å². The van der Waals surface area contributed by atoms with E-state index in [2.05, 4.69) is 20.8 Å². The van der Waals surface area contributed by atoms with Crippen LogP contribution in [0.25, 0.3) is 0 Å². The lowest BCUT2D eigenvalue weighted by Crippen LogP contribution is -2.22. The molecule has 2 N–H and O–H groups in total. The average Bonchev–Trinajstić information content (AvgIpc) is 3.11. The summed E-state index contributed by atoms with van der Waals surface area (Å²) in [4.78, 5) is 12.3. The van der Waals surface area contributed by atoms with Crippen molar-refractivity contribution in [2.24, 2.45) is 0 Å². The van der Waals surface area contributed by atoms with Gasteiger partial charge in [-0.15, -0.1) is 10.2 Å². The Bertz CT molecular complexity index is 886. The molecule has 0 bridgehead atoms. The molecule has 0 saturated carbocycles. The van der Waals surface area contributed by atoms with Gasteiger partial charge in [0.1, 0.15) is 5.75 Å². The van der Waals surface area contributed by atoms with Crippen molar-refractivity contribution in [1.82, 2.24) is 10.2 Å². The molecule has 0 aliphatic carbocycles. The highest BCUT2D eigenvalue weighted by Crippen LogP contribution is 2.33. The van der Waals surface area contributed by atoms with Crippen molar-refractivity contribution in [1.29, 1.82) is 0 Å². The van der Waals surface area contributed by atoms with E-state index in [1.807, 2.05) is 68.4 Å². The number of ether oxygens (including phenoxy) is 1. The van der Waals surface area contributed by atoms with Crippen molar-refractivity contribution in [3.05, 3.63) is 54.6 Å². The van der Waals surface area contributed by atoms with Gasteiger partial charge in [-0.25, -0.2) is 0 Å². The number of carbonyl (C=O) groups is 1. The smallest absolute Gasteiger partial charge is 0.237 e. The number of rotatable bonds is 8. The van der Waals surface area contributed by atoms with E-state index < -0.39 is 0 Å². The molecule has 0 saturated heterocycles. The van der Waals surface area contributed by atoms with E-state index in [0.29, 0.717) is 11.7 Å². The Morgan fingerprint density at radius 2 is 1.89 bits per heavy atom. The summed E-state index contributed by atoms with van der Waals surface area (Å²) >= 11 is 2.78. The van der Waals surface area contributed by atoms with Crippen LogP contribution < -0.4 is 15.4 Å². The minimum atomic E-state index is -0.290. The summed E-state index contributed by atoms with van der Waals surface area (Å²) in [5.41, 5.74) is 1.61. The first-order valence-electron chi connectivity index (χ1n) is 8.50. The van der Waals surface area contributed by atoms with Crippen LogP contribution in [-0.4, -0.2) is 28.0 Å². The number of para-hydroxylation sites is 3. The zero-order valence-electron chi connectivity index (χ0n) is 15.0. The second-order valence-electron chi connectivity index (χ2n) is 5.54. The van der Waals surface area contributed by atoms with Gasteiger partial charge in [0.25, 0.3) is 0 Å². The molecule has 2 aromatic carbocycles. The number of aromatic nitrogens is 2. The van der Waals surface area contributed by atoms with E-state index in [1.54, 1.807) is 0 Å². The minimum Gasteiger partial charge on any atom is -0.492 e. The molecule has 1 unspecified atom stereocenters. The normalized spacial score (nSPS) is 11.6. The summed E-state index contributed by atoms with van der Waals surface area (Å²) in [6.45, 7) is 4.38. The van der Waals surface area contributed by atoms with Crippen LogP contribution >= 0.6 is 23.1 Å². The predicted molar refractivity (Wildman–Crippen MR) is 111 cm³/mol. The molecule has 140 valence electrons. The third-order valence-electron chi connectivity index (χ3n) is 3.52. The van der Waals surface area contributed by atoms with Crippen molar-refractivity contribution in [2.75, 3.05) is 17.2 Å². The highest BCUT2D eigenvalue weighted by atomic mass is 32.2. The maximum atomic E-state index is 12.3. The van der Waals surface area contributed by atoms with E-state index in [1.165, 1.54) is 23.1 Å². The van der Waals surface area contributed by atoms with E-state index in [4.69, 9.17) is 4.74 Å². The largest absolute Gasteiger partial charge is 0.492 e. The Kier molecular flexibility index (Phi) is 6.67. The Morgan fingerprint density at radius 1 is 1.15 bits per heavy atom. The summed E-state index contributed by atoms with van der Waals surface area (Å²) in [5.74, 6) is 0.692. The maximum absolute atomic E-state index is 12.3. The second-order valence-corrected chi connectivity index (χ2v) is 8.11. The molecule has 1 amide bonds. The lowest BCUT2D eigenvalue weighted by molar-refractivity contribution is -0.115. The molecule has 8 heteroatoms. The van der Waals surface area contributed by atoms with Gasteiger partial charge in [0, 0.05) is 5.69 Å². The molecular weight excluding hydrogens is 380 g/mol. The van der Waals surface area contributed by atoms with Gasteiger partial charge < -0.3 is 15.4 Å². The Labute approximate surface area is 166 Å². The molecule has 0 spiro atoms.